The molecule has 13 heteroatoms. The Morgan fingerprint density at radius 3 is 2.50 bits per heavy atom. The van der Waals surface area contributed by atoms with E-state index in [0.717, 1.165) is 4.73 Å². The number of halogens is 2. The highest BCUT2D eigenvalue weighted by Gasteiger charge is 2.26. The summed E-state index contributed by atoms with van der Waals surface area (Å²) in [7, 11) is 2.78. The van der Waals surface area contributed by atoms with E-state index in [1.165, 1.54) is 38.1 Å². The van der Waals surface area contributed by atoms with Gasteiger partial charge in [-0.2, -0.15) is 4.73 Å². The molecule has 0 aliphatic heterocycles. The highest BCUT2D eigenvalue weighted by molar-refractivity contribution is 7.98. The van der Waals surface area contributed by atoms with Gasteiger partial charge in [-0.3, -0.25) is 0 Å². The zero-order chi connectivity index (χ0) is 27.2. The fourth-order valence-corrected chi connectivity index (χ4v) is 4.48. The zero-order valence-electron chi connectivity index (χ0n) is 20.5. The number of carbonyl (C=O) groups is 1. The normalized spacial score (nSPS) is 10.9. The Hall–Kier alpha value is -3.51. The van der Waals surface area contributed by atoms with Gasteiger partial charge in [-0.1, -0.05) is 47.1 Å². The van der Waals surface area contributed by atoms with Crippen LogP contribution in [0.15, 0.2) is 53.8 Å². The summed E-state index contributed by atoms with van der Waals surface area (Å²) in [6.45, 7) is -0.257. The third kappa shape index (κ3) is 5.97. The third-order valence-corrected chi connectivity index (χ3v) is 6.35. The quantitative estimate of drug-likeness (QED) is 0.0854. The SMILES string of the molecule is COCOc1cccc(-c2nc(-c3c(Cl)cc(OCC(=O)OC)cc3Cl)n(O)c2-c2ccnc(SC)n2)c1. The van der Waals surface area contributed by atoms with Crippen molar-refractivity contribution in [1.29, 1.82) is 0 Å². The maximum absolute atomic E-state index is 11.4. The van der Waals surface area contributed by atoms with Crippen molar-refractivity contribution in [3.05, 3.63) is 58.7 Å². The number of esters is 1. The maximum Gasteiger partial charge on any atom is 0.343 e. The molecular weight excluding hydrogens is 555 g/mol. The predicted octanol–water partition coefficient (Wildman–Crippen LogP) is 5.47. The molecule has 2 heterocycles. The molecule has 0 atom stereocenters. The summed E-state index contributed by atoms with van der Waals surface area (Å²) >= 11 is 14.5. The van der Waals surface area contributed by atoms with E-state index in [9.17, 15) is 10.0 Å². The number of nitrogens with zero attached hydrogens (tertiary/aromatic N) is 4. The molecule has 4 aromatic rings. The first-order chi connectivity index (χ1) is 18.4. The summed E-state index contributed by atoms with van der Waals surface area (Å²) in [6, 6.07) is 11.7. The fraction of sp³-hybridized carbons (Fsp3) is 0.200. The summed E-state index contributed by atoms with van der Waals surface area (Å²) < 4.78 is 21.4. The van der Waals surface area contributed by atoms with Gasteiger partial charge in [-0.05, 0) is 36.6 Å². The average molecular weight is 577 g/mol. The second-order valence-corrected chi connectivity index (χ2v) is 9.17. The summed E-state index contributed by atoms with van der Waals surface area (Å²) in [5.74, 6) is 0.291. The smallest absolute Gasteiger partial charge is 0.343 e. The highest BCUT2D eigenvalue weighted by atomic mass is 35.5. The molecule has 0 saturated heterocycles. The lowest BCUT2D eigenvalue weighted by Gasteiger charge is -2.11. The van der Waals surface area contributed by atoms with Crippen LogP contribution in [-0.4, -0.2) is 64.7 Å². The fourth-order valence-electron chi connectivity index (χ4n) is 3.48. The van der Waals surface area contributed by atoms with Gasteiger partial charge in [0.1, 0.15) is 22.9 Å². The van der Waals surface area contributed by atoms with Crippen molar-refractivity contribution in [2.24, 2.45) is 0 Å². The van der Waals surface area contributed by atoms with E-state index in [0.29, 0.717) is 33.6 Å². The largest absolute Gasteiger partial charge is 0.482 e. The van der Waals surface area contributed by atoms with Crippen LogP contribution in [0.1, 0.15) is 0 Å². The van der Waals surface area contributed by atoms with E-state index >= 15 is 0 Å². The Bertz CT molecular complexity index is 1440. The van der Waals surface area contributed by atoms with Crippen LogP contribution in [0.25, 0.3) is 34.0 Å². The molecular formula is C25H22Cl2N4O6S. The standard InChI is InChI=1S/C25H22Cl2N4O6S/c1-34-13-37-15-6-4-5-14(9-15)22-23(19-7-8-28-25(29-19)38-3)31(33)24(30-22)21-17(26)10-16(11-18(21)27)36-12-20(32)35-2/h4-11,33H,12-13H2,1-3H3. The van der Waals surface area contributed by atoms with Crippen LogP contribution >= 0.6 is 35.0 Å². The number of hydrogen-bond acceptors (Lipinski definition) is 10. The maximum atomic E-state index is 11.4. The first-order valence-corrected chi connectivity index (χ1v) is 12.9. The summed E-state index contributed by atoms with van der Waals surface area (Å²) in [5.41, 5.74) is 2.00. The van der Waals surface area contributed by atoms with Gasteiger partial charge in [0.2, 0.25) is 0 Å². The Morgan fingerprint density at radius 2 is 1.82 bits per heavy atom. The third-order valence-electron chi connectivity index (χ3n) is 5.19. The molecule has 0 radical (unpaired) electrons. The van der Waals surface area contributed by atoms with E-state index in [4.69, 9.17) is 42.4 Å². The Balaban J connectivity index is 1.87. The molecule has 1 N–H and O–H groups in total. The summed E-state index contributed by atoms with van der Waals surface area (Å²) in [5, 5.41) is 12.2. The minimum absolute atomic E-state index is 0.0641. The van der Waals surface area contributed by atoms with E-state index in [2.05, 4.69) is 14.7 Å². The number of benzene rings is 2. The number of rotatable bonds is 10. The number of methoxy groups -OCH3 is 2. The number of aromatic nitrogens is 4. The van der Waals surface area contributed by atoms with Crippen LogP contribution in [0.5, 0.6) is 11.5 Å². The second kappa shape index (κ2) is 12.4. The molecule has 0 spiro atoms. The van der Waals surface area contributed by atoms with Crippen molar-refractivity contribution in [3.63, 3.8) is 0 Å². The summed E-state index contributed by atoms with van der Waals surface area (Å²) in [4.78, 5) is 24.9. The van der Waals surface area contributed by atoms with Crippen molar-refractivity contribution in [3.8, 4) is 45.5 Å². The number of thioether (sulfide) groups is 1. The molecule has 0 unspecified atom stereocenters. The number of ether oxygens (including phenoxy) is 4. The van der Waals surface area contributed by atoms with Crippen LogP contribution in [0, 0.1) is 0 Å². The monoisotopic (exact) mass is 576 g/mol. The molecule has 4 rings (SSSR count). The molecule has 0 amide bonds. The molecule has 0 saturated carbocycles. The van der Waals surface area contributed by atoms with Gasteiger partial charge in [0, 0.05) is 18.9 Å². The lowest BCUT2D eigenvalue weighted by atomic mass is 10.1. The van der Waals surface area contributed by atoms with Crippen molar-refractivity contribution in [2.45, 2.75) is 5.16 Å². The zero-order valence-corrected chi connectivity index (χ0v) is 22.8. The van der Waals surface area contributed by atoms with E-state index in [-0.39, 0.29) is 40.6 Å². The second-order valence-electron chi connectivity index (χ2n) is 7.58. The van der Waals surface area contributed by atoms with Crippen molar-refractivity contribution in [1.82, 2.24) is 19.7 Å². The molecule has 198 valence electrons. The average Bonchev–Trinajstić information content (AvgIpc) is 3.26. The Labute approximate surface area is 232 Å². The van der Waals surface area contributed by atoms with Crippen LogP contribution in [-0.2, 0) is 14.3 Å². The Morgan fingerprint density at radius 1 is 1.05 bits per heavy atom. The molecule has 10 nitrogen and oxygen atoms in total. The predicted molar refractivity (Wildman–Crippen MR) is 143 cm³/mol. The van der Waals surface area contributed by atoms with E-state index < -0.39 is 5.97 Å². The van der Waals surface area contributed by atoms with Gasteiger partial charge in [0.05, 0.1) is 28.4 Å². The van der Waals surface area contributed by atoms with Crippen LogP contribution in [0.4, 0.5) is 0 Å². The van der Waals surface area contributed by atoms with Gasteiger partial charge in [0.25, 0.3) is 0 Å². The van der Waals surface area contributed by atoms with Crippen LogP contribution in [0.2, 0.25) is 10.0 Å². The van der Waals surface area contributed by atoms with Gasteiger partial charge in [-0.15, -0.1) is 0 Å². The summed E-state index contributed by atoms with van der Waals surface area (Å²) in [6.07, 6.45) is 3.44. The van der Waals surface area contributed by atoms with Crippen LogP contribution < -0.4 is 9.47 Å². The van der Waals surface area contributed by atoms with Crippen LogP contribution in [0.3, 0.4) is 0 Å². The molecule has 0 aliphatic carbocycles. The van der Waals surface area contributed by atoms with E-state index in [1.807, 2.05) is 12.3 Å². The number of imidazole rings is 1. The van der Waals surface area contributed by atoms with Gasteiger partial charge >= 0.3 is 5.97 Å². The lowest BCUT2D eigenvalue weighted by molar-refractivity contribution is -0.142. The molecule has 0 bridgehead atoms. The number of carbonyl (C=O) groups excluding carboxylic acids is 1. The topological polar surface area (TPSA) is 118 Å². The highest BCUT2D eigenvalue weighted by Crippen LogP contribution is 2.42. The molecule has 38 heavy (non-hydrogen) atoms. The number of hydrogen-bond donors (Lipinski definition) is 1. The van der Waals surface area contributed by atoms with Crippen molar-refractivity contribution >= 4 is 40.9 Å². The van der Waals surface area contributed by atoms with Gasteiger partial charge in [-0.25, -0.2) is 19.7 Å². The minimum atomic E-state index is -0.562. The molecule has 2 aromatic carbocycles. The lowest BCUT2D eigenvalue weighted by Crippen LogP contribution is -2.12. The first kappa shape index (κ1) is 27.5. The minimum Gasteiger partial charge on any atom is -0.482 e. The van der Waals surface area contributed by atoms with Gasteiger partial charge in [0.15, 0.2) is 24.4 Å². The first-order valence-electron chi connectivity index (χ1n) is 11.0. The van der Waals surface area contributed by atoms with Gasteiger partial charge < -0.3 is 24.2 Å². The Kier molecular flexibility index (Phi) is 8.95. The molecule has 0 fully saturated rings. The van der Waals surface area contributed by atoms with Crippen molar-refractivity contribution in [2.75, 3.05) is 33.9 Å². The molecule has 2 aromatic heterocycles. The van der Waals surface area contributed by atoms with Crippen molar-refractivity contribution < 1.29 is 28.9 Å². The molecule has 0 aliphatic rings. The van der Waals surface area contributed by atoms with E-state index in [1.54, 1.807) is 30.5 Å².